The minimum absolute atomic E-state index is 0.00236. The first-order valence-corrected chi connectivity index (χ1v) is 6.31. The standard InChI is InChI=1S/C8H13NO3S/c1-2-13(11,12)7-6-4-3-5-9(6)8(7)10/h6-7H,2-5H2,1H3. The summed E-state index contributed by atoms with van der Waals surface area (Å²) in [6.45, 7) is 2.35. The van der Waals surface area contributed by atoms with Crippen LogP contribution in [0, 0.1) is 0 Å². The lowest BCUT2D eigenvalue weighted by Gasteiger charge is -2.41. The summed E-state index contributed by atoms with van der Waals surface area (Å²) in [6.07, 6.45) is 1.81. The van der Waals surface area contributed by atoms with Gasteiger partial charge in [-0.1, -0.05) is 6.92 Å². The third-order valence-electron chi connectivity index (χ3n) is 2.96. The molecule has 0 saturated carbocycles. The number of β-lactam (4-membered cyclic amide) rings is 1. The normalized spacial score (nSPS) is 33.0. The Bertz CT molecular complexity index is 335. The number of carbonyl (C=O) groups is 1. The molecule has 2 saturated heterocycles. The molecule has 0 aromatic heterocycles. The Morgan fingerprint density at radius 1 is 1.54 bits per heavy atom. The fraction of sp³-hybridized carbons (Fsp3) is 0.875. The molecular formula is C8H13NO3S. The van der Waals surface area contributed by atoms with Gasteiger partial charge in [-0.05, 0) is 12.8 Å². The average Bonchev–Trinajstić information content (AvgIpc) is 2.47. The molecule has 2 aliphatic rings. The number of hydrogen-bond donors (Lipinski definition) is 0. The summed E-state index contributed by atoms with van der Waals surface area (Å²) < 4.78 is 23.0. The van der Waals surface area contributed by atoms with Gasteiger partial charge in [0, 0.05) is 12.3 Å². The highest BCUT2D eigenvalue weighted by Crippen LogP contribution is 2.34. The van der Waals surface area contributed by atoms with Gasteiger partial charge in [0.2, 0.25) is 5.91 Å². The van der Waals surface area contributed by atoms with Crippen molar-refractivity contribution in [3.63, 3.8) is 0 Å². The Labute approximate surface area is 77.8 Å². The highest BCUT2D eigenvalue weighted by atomic mass is 32.2. The molecule has 0 aromatic carbocycles. The van der Waals surface area contributed by atoms with Crippen LogP contribution in [0.15, 0.2) is 0 Å². The van der Waals surface area contributed by atoms with Crippen molar-refractivity contribution in [1.29, 1.82) is 0 Å². The van der Waals surface area contributed by atoms with E-state index < -0.39 is 15.1 Å². The van der Waals surface area contributed by atoms with Gasteiger partial charge in [-0.3, -0.25) is 4.79 Å². The monoisotopic (exact) mass is 203 g/mol. The lowest BCUT2D eigenvalue weighted by Crippen LogP contribution is -2.64. The van der Waals surface area contributed by atoms with Crippen LogP contribution in [0.5, 0.6) is 0 Å². The van der Waals surface area contributed by atoms with E-state index >= 15 is 0 Å². The topological polar surface area (TPSA) is 54.5 Å². The highest BCUT2D eigenvalue weighted by Gasteiger charge is 2.55. The molecule has 5 heteroatoms. The van der Waals surface area contributed by atoms with Crippen molar-refractivity contribution in [2.45, 2.75) is 31.1 Å². The molecule has 4 nitrogen and oxygen atoms in total. The number of carbonyl (C=O) groups excluding carboxylic acids is 1. The van der Waals surface area contributed by atoms with E-state index in [0.717, 1.165) is 19.4 Å². The molecule has 0 N–H and O–H groups in total. The zero-order chi connectivity index (χ0) is 9.64. The Kier molecular flexibility index (Phi) is 1.87. The number of hydrogen-bond acceptors (Lipinski definition) is 3. The molecule has 0 spiro atoms. The summed E-state index contributed by atoms with van der Waals surface area (Å²) in [5, 5.41) is -0.708. The Morgan fingerprint density at radius 2 is 2.23 bits per heavy atom. The Hall–Kier alpha value is -0.580. The van der Waals surface area contributed by atoms with Gasteiger partial charge in [0.15, 0.2) is 15.1 Å². The molecule has 2 atom stereocenters. The van der Waals surface area contributed by atoms with E-state index in [0.29, 0.717) is 0 Å². The maximum absolute atomic E-state index is 11.5. The summed E-state index contributed by atoms with van der Waals surface area (Å²) >= 11 is 0. The summed E-state index contributed by atoms with van der Waals surface area (Å²) in [7, 11) is -3.16. The molecule has 2 rings (SSSR count). The third kappa shape index (κ3) is 1.10. The fourth-order valence-electron chi connectivity index (χ4n) is 2.20. The molecule has 74 valence electrons. The first-order chi connectivity index (χ1) is 6.08. The fourth-order valence-corrected chi connectivity index (χ4v) is 3.76. The van der Waals surface area contributed by atoms with Crippen LogP contribution < -0.4 is 0 Å². The predicted molar refractivity (Wildman–Crippen MR) is 48.0 cm³/mol. The lowest BCUT2D eigenvalue weighted by atomic mass is 10.0. The van der Waals surface area contributed by atoms with Crippen LogP contribution in [0.1, 0.15) is 19.8 Å². The summed E-state index contributed by atoms with van der Waals surface area (Å²) in [5.74, 6) is -0.0994. The molecular weight excluding hydrogens is 190 g/mol. The average molecular weight is 203 g/mol. The van der Waals surface area contributed by atoms with Gasteiger partial charge in [-0.25, -0.2) is 8.42 Å². The quantitative estimate of drug-likeness (QED) is 0.584. The van der Waals surface area contributed by atoms with Crippen LogP contribution >= 0.6 is 0 Å². The van der Waals surface area contributed by atoms with E-state index in [2.05, 4.69) is 0 Å². The van der Waals surface area contributed by atoms with Crippen molar-refractivity contribution in [1.82, 2.24) is 4.90 Å². The second-order valence-electron chi connectivity index (χ2n) is 3.61. The molecule has 2 fully saturated rings. The van der Waals surface area contributed by atoms with Gasteiger partial charge in [0.25, 0.3) is 0 Å². The van der Waals surface area contributed by atoms with Gasteiger partial charge >= 0.3 is 0 Å². The second kappa shape index (κ2) is 2.70. The van der Waals surface area contributed by atoms with Crippen molar-refractivity contribution in [2.24, 2.45) is 0 Å². The smallest absolute Gasteiger partial charge is 0.243 e. The Morgan fingerprint density at radius 3 is 2.85 bits per heavy atom. The van der Waals surface area contributed by atoms with E-state index in [4.69, 9.17) is 0 Å². The van der Waals surface area contributed by atoms with E-state index in [1.54, 1.807) is 11.8 Å². The number of rotatable bonds is 2. The van der Waals surface area contributed by atoms with Gasteiger partial charge in [0.05, 0.1) is 6.04 Å². The van der Waals surface area contributed by atoms with Crippen LogP contribution in [0.4, 0.5) is 0 Å². The molecule has 2 heterocycles. The largest absolute Gasteiger partial charge is 0.337 e. The predicted octanol–water partition coefficient (Wildman–Crippen LogP) is -0.206. The number of nitrogens with zero attached hydrogens (tertiary/aromatic N) is 1. The number of sulfone groups is 1. The van der Waals surface area contributed by atoms with Crippen LogP contribution in [-0.2, 0) is 14.6 Å². The summed E-state index contributed by atoms with van der Waals surface area (Å²) in [6, 6.07) is -0.00236. The van der Waals surface area contributed by atoms with E-state index in [9.17, 15) is 13.2 Å². The van der Waals surface area contributed by atoms with Crippen molar-refractivity contribution in [2.75, 3.05) is 12.3 Å². The highest BCUT2D eigenvalue weighted by molar-refractivity contribution is 7.92. The van der Waals surface area contributed by atoms with Gasteiger partial charge < -0.3 is 4.90 Å². The first-order valence-electron chi connectivity index (χ1n) is 4.60. The van der Waals surface area contributed by atoms with Crippen molar-refractivity contribution in [3.05, 3.63) is 0 Å². The second-order valence-corrected chi connectivity index (χ2v) is 6.02. The molecule has 2 unspecified atom stereocenters. The zero-order valence-electron chi connectivity index (χ0n) is 7.56. The maximum Gasteiger partial charge on any atom is 0.243 e. The van der Waals surface area contributed by atoms with Gasteiger partial charge in [-0.15, -0.1) is 0 Å². The molecule has 0 aliphatic carbocycles. The SMILES string of the molecule is CCS(=O)(=O)C1C(=O)N2CCCC12. The molecule has 0 bridgehead atoms. The first kappa shape index (κ1) is 8.99. The van der Waals surface area contributed by atoms with Crippen molar-refractivity contribution < 1.29 is 13.2 Å². The number of amides is 1. The van der Waals surface area contributed by atoms with Gasteiger partial charge in [-0.2, -0.15) is 0 Å². The third-order valence-corrected chi connectivity index (χ3v) is 5.06. The number of fused-ring (bicyclic) bond motifs is 1. The summed E-state index contributed by atoms with van der Waals surface area (Å²) in [5.41, 5.74) is 0. The van der Waals surface area contributed by atoms with E-state index in [1.165, 1.54) is 0 Å². The lowest BCUT2D eigenvalue weighted by molar-refractivity contribution is -0.141. The van der Waals surface area contributed by atoms with Crippen LogP contribution in [0.3, 0.4) is 0 Å². The molecule has 13 heavy (non-hydrogen) atoms. The minimum atomic E-state index is -3.16. The molecule has 0 aromatic rings. The molecule has 1 amide bonds. The van der Waals surface area contributed by atoms with Crippen molar-refractivity contribution in [3.8, 4) is 0 Å². The summed E-state index contributed by atoms with van der Waals surface area (Å²) in [4.78, 5) is 13.1. The molecule has 0 radical (unpaired) electrons. The van der Waals surface area contributed by atoms with Crippen LogP contribution in [0.2, 0.25) is 0 Å². The van der Waals surface area contributed by atoms with Crippen LogP contribution in [0.25, 0.3) is 0 Å². The van der Waals surface area contributed by atoms with Crippen molar-refractivity contribution >= 4 is 15.7 Å². The van der Waals surface area contributed by atoms with E-state index in [1.807, 2.05) is 0 Å². The van der Waals surface area contributed by atoms with E-state index in [-0.39, 0.29) is 17.7 Å². The van der Waals surface area contributed by atoms with Crippen LogP contribution in [-0.4, -0.2) is 42.8 Å². The Balaban J connectivity index is 2.23. The minimum Gasteiger partial charge on any atom is -0.337 e. The zero-order valence-corrected chi connectivity index (χ0v) is 8.38. The molecule has 2 aliphatic heterocycles. The van der Waals surface area contributed by atoms with Gasteiger partial charge in [0.1, 0.15) is 0 Å². The maximum atomic E-state index is 11.5.